The third kappa shape index (κ3) is 1.30. The van der Waals surface area contributed by atoms with E-state index in [1.807, 2.05) is 18.5 Å². The number of benzene rings is 1. The summed E-state index contributed by atoms with van der Waals surface area (Å²) >= 11 is 4.22. The van der Waals surface area contributed by atoms with Crippen molar-refractivity contribution in [3.63, 3.8) is 0 Å². The second-order valence-corrected chi connectivity index (χ2v) is 3.03. The van der Waals surface area contributed by atoms with E-state index in [2.05, 4.69) is 35.8 Å². The van der Waals surface area contributed by atoms with Gasteiger partial charge in [0.25, 0.3) is 0 Å². The molecule has 0 saturated heterocycles. The van der Waals surface area contributed by atoms with Gasteiger partial charge in [0.15, 0.2) is 0 Å². The second kappa shape index (κ2) is 3.15. The first-order chi connectivity index (χ1) is 5.90. The van der Waals surface area contributed by atoms with Crippen LogP contribution in [-0.2, 0) is 5.75 Å². The lowest BCUT2D eigenvalue weighted by atomic mass is 10.1. The molecule has 0 saturated carbocycles. The zero-order valence-electron chi connectivity index (χ0n) is 6.57. The minimum Gasteiger partial charge on any atom is -0.264 e. The molecule has 0 bridgehead atoms. The van der Waals surface area contributed by atoms with Gasteiger partial charge in [0.05, 0.1) is 0 Å². The fourth-order valence-corrected chi connectivity index (χ4v) is 1.43. The number of rotatable bonds is 1. The number of aromatic nitrogens is 1. The van der Waals surface area contributed by atoms with Crippen LogP contribution in [0, 0.1) is 0 Å². The molecule has 1 aromatic heterocycles. The third-order valence-corrected chi connectivity index (χ3v) is 2.25. The predicted molar refractivity (Wildman–Crippen MR) is 54.4 cm³/mol. The Hall–Kier alpha value is -1.02. The highest BCUT2D eigenvalue weighted by Crippen LogP contribution is 2.15. The van der Waals surface area contributed by atoms with E-state index < -0.39 is 0 Å². The summed E-state index contributed by atoms with van der Waals surface area (Å²) < 4.78 is 0. The van der Waals surface area contributed by atoms with E-state index in [-0.39, 0.29) is 0 Å². The van der Waals surface area contributed by atoms with Crippen molar-refractivity contribution in [3.05, 3.63) is 42.2 Å². The molecular formula is C10H9NS. The van der Waals surface area contributed by atoms with E-state index >= 15 is 0 Å². The first-order valence-electron chi connectivity index (χ1n) is 3.83. The van der Waals surface area contributed by atoms with Gasteiger partial charge in [-0.3, -0.25) is 4.98 Å². The quantitative estimate of drug-likeness (QED) is 0.657. The number of fused-ring (bicyclic) bond motifs is 1. The van der Waals surface area contributed by atoms with E-state index in [0.29, 0.717) is 0 Å². The van der Waals surface area contributed by atoms with Crippen LogP contribution in [0.15, 0.2) is 36.7 Å². The minimum absolute atomic E-state index is 0.790. The molecule has 12 heavy (non-hydrogen) atoms. The summed E-state index contributed by atoms with van der Waals surface area (Å²) in [4.78, 5) is 4.05. The highest BCUT2D eigenvalue weighted by molar-refractivity contribution is 7.79. The molecule has 1 heterocycles. The Morgan fingerprint density at radius 1 is 1.17 bits per heavy atom. The lowest BCUT2D eigenvalue weighted by Gasteiger charge is -1.98. The van der Waals surface area contributed by atoms with Crippen molar-refractivity contribution in [3.8, 4) is 0 Å². The Bertz CT molecular complexity index is 398. The molecule has 2 aromatic rings. The summed E-state index contributed by atoms with van der Waals surface area (Å²) in [5.74, 6) is 0.790. The summed E-state index contributed by atoms with van der Waals surface area (Å²) in [5.41, 5.74) is 1.25. The average Bonchev–Trinajstić information content (AvgIpc) is 2.17. The van der Waals surface area contributed by atoms with Gasteiger partial charge in [-0.05, 0) is 17.0 Å². The molecule has 0 atom stereocenters. The Morgan fingerprint density at radius 2 is 2.08 bits per heavy atom. The molecule has 0 unspecified atom stereocenters. The molecule has 0 aliphatic carbocycles. The molecular weight excluding hydrogens is 166 g/mol. The lowest BCUT2D eigenvalue weighted by molar-refractivity contribution is 1.35. The number of nitrogens with zero attached hydrogens (tertiary/aromatic N) is 1. The predicted octanol–water partition coefficient (Wildman–Crippen LogP) is 2.66. The van der Waals surface area contributed by atoms with Gasteiger partial charge in [-0.15, -0.1) is 0 Å². The van der Waals surface area contributed by atoms with Crippen LogP contribution in [0.4, 0.5) is 0 Å². The topological polar surface area (TPSA) is 12.9 Å². The SMILES string of the molecule is SCc1ccc2cnccc2c1. The van der Waals surface area contributed by atoms with Crippen LogP contribution in [0.25, 0.3) is 10.8 Å². The van der Waals surface area contributed by atoms with E-state index in [1.165, 1.54) is 16.3 Å². The first kappa shape index (κ1) is 7.62. The summed E-state index contributed by atoms with van der Waals surface area (Å²) in [6, 6.07) is 8.32. The van der Waals surface area contributed by atoms with Gasteiger partial charge in [-0.2, -0.15) is 12.6 Å². The summed E-state index contributed by atoms with van der Waals surface area (Å²) in [5, 5.41) is 2.42. The van der Waals surface area contributed by atoms with Crippen LogP contribution in [0.5, 0.6) is 0 Å². The summed E-state index contributed by atoms with van der Waals surface area (Å²) in [6.07, 6.45) is 3.68. The van der Waals surface area contributed by atoms with Crippen LogP contribution in [-0.4, -0.2) is 4.98 Å². The lowest BCUT2D eigenvalue weighted by Crippen LogP contribution is -1.79. The largest absolute Gasteiger partial charge is 0.264 e. The standard InChI is InChI=1S/C10H9NS/c12-7-8-1-2-10-6-11-4-3-9(10)5-8/h1-6,12H,7H2. The van der Waals surface area contributed by atoms with Gasteiger partial charge in [0, 0.05) is 23.5 Å². The Kier molecular flexibility index (Phi) is 2.00. The average molecular weight is 175 g/mol. The van der Waals surface area contributed by atoms with Crippen LogP contribution >= 0.6 is 12.6 Å². The Morgan fingerprint density at radius 3 is 2.92 bits per heavy atom. The Labute approximate surface area is 76.9 Å². The molecule has 0 radical (unpaired) electrons. The van der Waals surface area contributed by atoms with E-state index in [1.54, 1.807) is 0 Å². The molecule has 2 rings (SSSR count). The van der Waals surface area contributed by atoms with Crippen LogP contribution < -0.4 is 0 Å². The van der Waals surface area contributed by atoms with Gasteiger partial charge >= 0.3 is 0 Å². The highest BCUT2D eigenvalue weighted by Gasteiger charge is 1.93. The molecule has 0 N–H and O–H groups in total. The molecule has 1 nitrogen and oxygen atoms in total. The smallest absolute Gasteiger partial charge is 0.0346 e. The van der Waals surface area contributed by atoms with Gasteiger partial charge in [0.1, 0.15) is 0 Å². The molecule has 0 fully saturated rings. The van der Waals surface area contributed by atoms with Crippen molar-refractivity contribution >= 4 is 23.4 Å². The van der Waals surface area contributed by atoms with E-state index in [0.717, 1.165) is 5.75 Å². The number of hydrogen-bond donors (Lipinski definition) is 1. The monoisotopic (exact) mass is 175 g/mol. The molecule has 0 spiro atoms. The molecule has 1 aromatic carbocycles. The van der Waals surface area contributed by atoms with Crippen molar-refractivity contribution in [2.75, 3.05) is 0 Å². The third-order valence-electron chi connectivity index (χ3n) is 1.89. The fraction of sp³-hybridized carbons (Fsp3) is 0.100. The number of thiol groups is 1. The molecule has 60 valence electrons. The highest BCUT2D eigenvalue weighted by atomic mass is 32.1. The Balaban J connectivity index is 2.67. The first-order valence-corrected chi connectivity index (χ1v) is 4.47. The molecule has 2 heteroatoms. The normalized spacial score (nSPS) is 10.4. The van der Waals surface area contributed by atoms with Crippen molar-refractivity contribution in [1.82, 2.24) is 4.98 Å². The molecule has 0 aliphatic rings. The van der Waals surface area contributed by atoms with Crippen LogP contribution in [0.3, 0.4) is 0 Å². The second-order valence-electron chi connectivity index (χ2n) is 2.72. The van der Waals surface area contributed by atoms with Crippen molar-refractivity contribution in [2.24, 2.45) is 0 Å². The fourth-order valence-electron chi connectivity index (χ4n) is 1.23. The minimum atomic E-state index is 0.790. The maximum Gasteiger partial charge on any atom is 0.0346 e. The van der Waals surface area contributed by atoms with Gasteiger partial charge in [-0.25, -0.2) is 0 Å². The zero-order valence-corrected chi connectivity index (χ0v) is 7.46. The zero-order chi connectivity index (χ0) is 8.39. The maximum absolute atomic E-state index is 4.22. The van der Waals surface area contributed by atoms with Crippen molar-refractivity contribution < 1.29 is 0 Å². The number of pyridine rings is 1. The van der Waals surface area contributed by atoms with Gasteiger partial charge < -0.3 is 0 Å². The van der Waals surface area contributed by atoms with Crippen molar-refractivity contribution in [2.45, 2.75) is 5.75 Å². The summed E-state index contributed by atoms with van der Waals surface area (Å²) in [7, 11) is 0. The van der Waals surface area contributed by atoms with Gasteiger partial charge in [-0.1, -0.05) is 18.2 Å². The van der Waals surface area contributed by atoms with Crippen LogP contribution in [0.1, 0.15) is 5.56 Å². The van der Waals surface area contributed by atoms with E-state index in [4.69, 9.17) is 0 Å². The maximum atomic E-state index is 4.22. The molecule has 0 amide bonds. The van der Waals surface area contributed by atoms with E-state index in [9.17, 15) is 0 Å². The van der Waals surface area contributed by atoms with Crippen LogP contribution in [0.2, 0.25) is 0 Å². The summed E-state index contributed by atoms with van der Waals surface area (Å²) in [6.45, 7) is 0. The molecule has 0 aliphatic heterocycles. The van der Waals surface area contributed by atoms with Gasteiger partial charge in [0.2, 0.25) is 0 Å². The number of hydrogen-bond acceptors (Lipinski definition) is 2. The van der Waals surface area contributed by atoms with Crippen molar-refractivity contribution in [1.29, 1.82) is 0 Å².